The van der Waals surface area contributed by atoms with Gasteiger partial charge in [0.15, 0.2) is 0 Å². The normalized spacial score (nSPS) is 12.4. The van der Waals surface area contributed by atoms with Crippen LogP contribution in [-0.4, -0.2) is 23.1 Å². The third-order valence-electron chi connectivity index (χ3n) is 3.39. The number of hydrogen-bond acceptors (Lipinski definition) is 5. The van der Waals surface area contributed by atoms with Gasteiger partial charge in [-0.15, -0.1) is 0 Å². The van der Waals surface area contributed by atoms with Crippen molar-refractivity contribution in [1.82, 2.24) is 15.3 Å². The minimum absolute atomic E-state index is 0.225. The number of nitrogens with zero attached hydrogens (tertiary/aromatic N) is 3. The Morgan fingerprint density at radius 1 is 1.24 bits per heavy atom. The van der Waals surface area contributed by atoms with Crippen LogP contribution in [0.2, 0.25) is 5.28 Å². The minimum Gasteiger partial charge on any atom is -0.387 e. The molecule has 0 saturated carbocycles. The molecular weight excluding hydrogens is 334 g/mol. The molecule has 5 nitrogen and oxygen atoms in total. The zero-order chi connectivity index (χ0) is 18.1. The van der Waals surface area contributed by atoms with Gasteiger partial charge >= 0.3 is 0 Å². The van der Waals surface area contributed by atoms with E-state index in [4.69, 9.17) is 16.9 Å². The first kappa shape index (κ1) is 18.5. The van der Waals surface area contributed by atoms with Crippen LogP contribution in [0.4, 0.5) is 5.82 Å². The van der Waals surface area contributed by atoms with Crippen molar-refractivity contribution in [2.75, 3.05) is 18.4 Å². The Morgan fingerprint density at radius 3 is 2.80 bits per heavy atom. The Labute approximate surface area is 152 Å². The van der Waals surface area contributed by atoms with Crippen LogP contribution < -0.4 is 10.6 Å². The Bertz CT molecular complexity index is 862. The van der Waals surface area contributed by atoms with Crippen LogP contribution in [0.15, 0.2) is 59.8 Å². The number of nitriles is 1. The first-order valence-corrected chi connectivity index (χ1v) is 8.33. The number of nitrogens with one attached hydrogen (secondary N) is 2. The second-order valence-corrected chi connectivity index (χ2v) is 5.63. The lowest BCUT2D eigenvalue weighted by atomic mass is 10.2. The summed E-state index contributed by atoms with van der Waals surface area (Å²) >= 11 is 5.97. The second-order valence-electron chi connectivity index (χ2n) is 5.30. The van der Waals surface area contributed by atoms with E-state index in [0.717, 1.165) is 22.4 Å². The standard InChI is InChI=1S/C19H20ClN5/c1-3-6-15(13-21)10-9-14(2)22-11-12-23-18-16-7-4-5-8-17(16)24-19(20)25-18/h3-10,22H,11-12H2,1-2H3,(H,23,24,25)/b6-3?,14-9+,15-10+. The maximum Gasteiger partial charge on any atom is 0.224 e. The Hall–Kier alpha value is -2.84. The van der Waals surface area contributed by atoms with Gasteiger partial charge in [-0.05, 0) is 55.8 Å². The number of halogens is 1. The predicted molar refractivity (Wildman–Crippen MR) is 103 cm³/mol. The highest BCUT2D eigenvalue weighted by atomic mass is 35.5. The fourth-order valence-corrected chi connectivity index (χ4v) is 2.38. The first-order valence-electron chi connectivity index (χ1n) is 7.95. The van der Waals surface area contributed by atoms with Gasteiger partial charge in [0.25, 0.3) is 0 Å². The smallest absolute Gasteiger partial charge is 0.224 e. The van der Waals surface area contributed by atoms with E-state index in [1.54, 1.807) is 12.2 Å². The van der Waals surface area contributed by atoms with Crippen LogP contribution in [0.1, 0.15) is 13.8 Å². The average molecular weight is 354 g/mol. The maximum absolute atomic E-state index is 8.97. The third-order valence-corrected chi connectivity index (χ3v) is 3.55. The summed E-state index contributed by atoms with van der Waals surface area (Å²) in [5.74, 6) is 0.721. The average Bonchev–Trinajstić information content (AvgIpc) is 2.61. The summed E-state index contributed by atoms with van der Waals surface area (Å²) in [6, 6.07) is 9.86. The Morgan fingerprint density at radius 2 is 2.04 bits per heavy atom. The van der Waals surface area contributed by atoms with E-state index in [0.29, 0.717) is 18.7 Å². The van der Waals surface area contributed by atoms with E-state index in [1.165, 1.54) is 0 Å². The van der Waals surface area contributed by atoms with Crippen LogP contribution in [0.5, 0.6) is 0 Å². The number of anilines is 1. The quantitative estimate of drug-likeness (QED) is 0.337. The molecule has 0 unspecified atom stereocenters. The molecule has 0 atom stereocenters. The molecule has 2 aromatic rings. The summed E-state index contributed by atoms with van der Waals surface area (Å²) in [5, 5.41) is 16.7. The highest BCUT2D eigenvalue weighted by molar-refractivity contribution is 6.28. The summed E-state index contributed by atoms with van der Waals surface area (Å²) in [4.78, 5) is 8.46. The highest BCUT2D eigenvalue weighted by Gasteiger charge is 2.05. The van der Waals surface area contributed by atoms with Crippen molar-refractivity contribution in [3.8, 4) is 6.07 Å². The molecule has 0 aliphatic heterocycles. The fourth-order valence-electron chi connectivity index (χ4n) is 2.21. The molecule has 2 rings (SSSR count). The third kappa shape index (κ3) is 5.63. The lowest BCUT2D eigenvalue weighted by molar-refractivity contribution is 0.816. The van der Waals surface area contributed by atoms with Gasteiger partial charge in [-0.25, -0.2) is 9.97 Å². The van der Waals surface area contributed by atoms with Crippen molar-refractivity contribution in [1.29, 1.82) is 5.26 Å². The van der Waals surface area contributed by atoms with Gasteiger partial charge in [0, 0.05) is 24.2 Å². The van der Waals surface area contributed by atoms with Gasteiger partial charge in [-0.2, -0.15) is 5.26 Å². The molecule has 1 heterocycles. The van der Waals surface area contributed by atoms with Crippen LogP contribution in [0, 0.1) is 11.3 Å². The lowest BCUT2D eigenvalue weighted by Crippen LogP contribution is -2.21. The van der Waals surface area contributed by atoms with Crippen molar-refractivity contribution in [3.63, 3.8) is 0 Å². The van der Waals surface area contributed by atoms with Gasteiger partial charge in [0.05, 0.1) is 17.2 Å². The number of benzene rings is 1. The van der Waals surface area contributed by atoms with E-state index in [2.05, 4.69) is 26.7 Å². The molecule has 1 aromatic carbocycles. The second kappa shape index (κ2) is 9.45. The van der Waals surface area contributed by atoms with Gasteiger partial charge in [0.1, 0.15) is 5.82 Å². The van der Waals surface area contributed by atoms with Gasteiger partial charge in [-0.1, -0.05) is 18.2 Å². The molecule has 0 fully saturated rings. The Balaban J connectivity index is 1.93. The molecule has 25 heavy (non-hydrogen) atoms. The molecule has 0 radical (unpaired) electrons. The molecular formula is C19H20ClN5. The van der Waals surface area contributed by atoms with Gasteiger partial charge in [0.2, 0.25) is 5.28 Å². The van der Waals surface area contributed by atoms with Crippen molar-refractivity contribution in [2.45, 2.75) is 13.8 Å². The van der Waals surface area contributed by atoms with E-state index in [1.807, 2.05) is 50.3 Å². The van der Waals surface area contributed by atoms with E-state index in [9.17, 15) is 0 Å². The molecule has 128 valence electrons. The molecule has 0 spiro atoms. The highest BCUT2D eigenvalue weighted by Crippen LogP contribution is 2.21. The maximum atomic E-state index is 8.97. The lowest BCUT2D eigenvalue weighted by Gasteiger charge is -2.10. The zero-order valence-corrected chi connectivity index (χ0v) is 15.0. The summed E-state index contributed by atoms with van der Waals surface area (Å²) in [7, 11) is 0. The van der Waals surface area contributed by atoms with Gasteiger partial charge in [-0.3, -0.25) is 0 Å². The number of allylic oxidation sites excluding steroid dienone is 6. The molecule has 2 N–H and O–H groups in total. The van der Waals surface area contributed by atoms with Crippen LogP contribution in [-0.2, 0) is 0 Å². The minimum atomic E-state index is 0.225. The van der Waals surface area contributed by atoms with Crippen molar-refractivity contribution < 1.29 is 0 Å². The molecule has 0 amide bonds. The van der Waals surface area contributed by atoms with Crippen molar-refractivity contribution in [2.24, 2.45) is 0 Å². The van der Waals surface area contributed by atoms with Gasteiger partial charge < -0.3 is 10.6 Å². The topological polar surface area (TPSA) is 73.6 Å². The molecule has 0 bridgehead atoms. The van der Waals surface area contributed by atoms with E-state index >= 15 is 0 Å². The summed E-state index contributed by atoms with van der Waals surface area (Å²) in [5.41, 5.74) is 2.40. The van der Waals surface area contributed by atoms with Crippen molar-refractivity contribution >= 4 is 28.3 Å². The number of para-hydroxylation sites is 1. The number of hydrogen-bond donors (Lipinski definition) is 2. The molecule has 0 aliphatic rings. The molecule has 1 aromatic heterocycles. The number of rotatable bonds is 7. The summed E-state index contributed by atoms with van der Waals surface area (Å²) in [6.45, 7) is 5.22. The Kier molecular flexibility index (Phi) is 7.00. The van der Waals surface area contributed by atoms with Crippen LogP contribution in [0.25, 0.3) is 10.9 Å². The molecule has 0 saturated heterocycles. The monoisotopic (exact) mass is 353 g/mol. The van der Waals surface area contributed by atoms with Crippen LogP contribution in [0.3, 0.4) is 0 Å². The predicted octanol–water partition coefficient (Wildman–Crippen LogP) is 4.21. The fraction of sp³-hybridized carbons (Fsp3) is 0.211. The van der Waals surface area contributed by atoms with E-state index < -0.39 is 0 Å². The number of fused-ring (bicyclic) bond motifs is 1. The summed E-state index contributed by atoms with van der Waals surface area (Å²) in [6.07, 6.45) is 7.28. The SMILES string of the molecule is CC=C/C(C#N)=C\C=C(/C)NCCNc1nc(Cl)nc2ccccc12. The molecule has 6 heteroatoms. The van der Waals surface area contributed by atoms with Crippen molar-refractivity contribution in [3.05, 3.63) is 65.1 Å². The molecule has 0 aliphatic carbocycles. The van der Waals surface area contributed by atoms with Crippen LogP contribution >= 0.6 is 11.6 Å². The summed E-state index contributed by atoms with van der Waals surface area (Å²) < 4.78 is 0. The number of aromatic nitrogens is 2. The first-order chi connectivity index (χ1) is 12.1. The largest absolute Gasteiger partial charge is 0.387 e. The van der Waals surface area contributed by atoms with E-state index in [-0.39, 0.29) is 5.28 Å². The zero-order valence-electron chi connectivity index (χ0n) is 14.3.